The Labute approximate surface area is 128 Å². The molecule has 0 radical (unpaired) electrons. The number of hydrogen-bond acceptors (Lipinski definition) is 4. The Morgan fingerprint density at radius 2 is 2.00 bits per heavy atom. The minimum atomic E-state index is 0.652. The van der Waals surface area contributed by atoms with Gasteiger partial charge in [-0.2, -0.15) is 0 Å². The van der Waals surface area contributed by atoms with E-state index in [0.717, 1.165) is 37.7 Å². The molecule has 4 nitrogen and oxygen atoms in total. The molecule has 118 valence electrons. The number of piperidine rings is 1. The molecule has 1 fully saturated rings. The number of likely N-dealkylation sites (tertiary alicyclic amines) is 1. The largest absolute Gasteiger partial charge is 0.497 e. The Morgan fingerprint density at radius 1 is 1.24 bits per heavy atom. The van der Waals surface area contributed by atoms with Gasteiger partial charge in [0.25, 0.3) is 0 Å². The number of nitrogens with one attached hydrogen (secondary N) is 1. The van der Waals surface area contributed by atoms with Crippen LogP contribution in [0.1, 0.15) is 26.2 Å². The van der Waals surface area contributed by atoms with Gasteiger partial charge >= 0.3 is 0 Å². The molecule has 0 bridgehead atoms. The van der Waals surface area contributed by atoms with Gasteiger partial charge in [0.15, 0.2) is 0 Å². The Balaban J connectivity index is 1.67. The van der Waals surface area contributed by atoms with E-state index in [1.165, 1.54) is 25.8 Å². The lowest BCUT2D eigenvalue weighted by molar-refractivity contribution is 0.159. The lowest BCUT2D eigenvalue weighted by atomic mass is 10.1. The van der Waals surface area contributed by atoms with Crippen LogP contribution in [0.2, 0.25) is 0 Å². The van der Waals surface area contributed by atoms with Crippen LogP contribution < -0.4 is 14.8 Å². The normalized spacial score (nSPS) is 19.4. The van der Waals surface area contributed by atoms with Crippen molar-refractivity contribution in [2.24, 2.45) is 0 Å². The van der Waals surface area contributed by atoms with Crippen LogP contribution in [0.15, 0.2) is 24.3 Å². The van der Waals surface area contributed by atoms with E-state index in [0.29, 0.717) is 6.04 Å². The van der Waals surface area contributed by atoms with E-state index in [4.69, 9.17) is 9.47 Å². The predicted octanol–water partition coefficient (Wildman–Crippen LogP) is 2.54. The van der Waals surface area contributed by atoms with Gasteiger partial charge in [-0.25, -0.2) is 0 Å². The standard InChI is InChI=1S/C17H28N2O2/c1-3-10-18-15-5-4-11-19(14-15)12-13-21-17-8-6-16(20-2)7-9-17/h6-9,15,18H,3-5,10-14H2,1-2H3. The number of methoxy groups -OCH3 is 1. The number of nitrogens with zero attached hydrogens (tertiary/aromatic N) is 1. The van der Waals surface area contributed by atoms with Gasteiger partial charge in [0.05, 0.1) is 7.11 Å². The Kier molecular flexibility index (Phi) is 6.83. The first-order chi connectivity index (χ1) is 10.3. The molecule has 0 aliphatic carbocycles. The van der Waals surface area contributed by atoms with E-state index in [2.05, 4.69) is 17.1 Å². The molecule has 0 spiro atoms. The van der Waals surface area contributed by atoms with Gasteiger partial charge in [-0.3, -0.25) is 4.90 Å². The first kappa shape index (κ1) is 16.1. The third-order valence-corrected chi connectivity index (χ3v) is 3.92. The average molecular weight is 292 g/mol. The molecule has 1 atom stereocenters. The summed E-state index contributed by atoms with van der Waals surface area (Å²) >= 11 is 0. The Bertz CT molecular complexity index is 394. The summed E-state index contributed by atoms with van der Waals surface area (Å²) in [6.07, 6.45) is 3.79. The second-order valence-electron chi connectivity index (χ2n) is 5.62. The highest BCUT2D eigenvalue weighted by Crippen LogP contribution is 2.17. The van der Waals surface area contributed by atoms with Gasteiger partial charge < -0.3 is 14.8 Å². The molecule has 1 aromatic carbocycles. The summed E-state index contributed by atoms with van der Waals surface area (Å²) in [5.74, 6) is 1.77. The number of rotatable bonds is 8. The quantitative estimate of drug-likeness (QED) is 0.798. The van der Waals surface area contributed by atoms with E-state index in [1.807, 2.05) is 24.3 Å². The van der Waals surface area contributed by atoms with Gasteiger partial charge in [0.1, 0.15) is 18.1 Å². The molecular formula is C17H28N2O2. The number of ether oxygens (including phenoxy) is 2. The van der Waals surface area contributed by atoms with Crippen LogP contribution in [0.3, 0.4) is 0 Å². The molecule has 0 amide bonds. The SMILES string of the molecule is CCCNC1CCCN(CCOc2ccc(OC)cc2)C1. The van der Waals surface area contributed by atoms with Gasteiger partial charge in [-0.15, -0.1) is 0 Å². The molecule has 1 aromatic rings. The molecule has 4 heteroatoms. The zero-order valence-corrected chi connectivity index (χ0v) is 13.3. The van der Waals surface area contributed by atoms with Crippen LogP contribution in [0.5, 0.6) is 11.5 Å². The van der Waals surface area contributed by atoms with E-state index >= 15 is 0 Å². The van der Waals surface area contributed by atoms with Crippen molar-refractivity contribution in [3.63, 3.8) is 0 Å². The van der Waals surface area contributed by atoms with Gasteiger partial charge in [0.2, 0.25) is 0 Å². The summed E-state index contributed by atoms with van der Waals surface area (Å²) in [5.41, 5.74) is 0. The summed E-state index contributed by atoms with van der Waals surface area (Å²) in [6.45, 7) is 7.42. The summed E-state index contributed by atoms with van der Waals surface area (Å²) in [4.78, 5) is 2.50. The van der Waals surface area contributed by atoms with Gasteiger partial charge in [-0.05, 0) is 56.6 Å². The average Bonchev–Trinajstić information content (AvgIpc) is 2.54. The maximum Gasteiger partial charge on any atom is 0.119 e. The first-order valence-corrected chi connectivity index (χ1v) is 8.04. The molecule has 1 aliphatic rings. The molecule has 1 aliphatic heterocycles. The minimum absolute atomic E-state index is 0.652. The van der Waals surface area contributed by atoms with Crippen molar-refractivity contribution in [3.8, 4) is 11.5 Å². The fraction of sp³-hybridized carbons (Fsp3) is 0.647. The minimum Gasteiger partial charge on any atom is -0.497 e. The predicted molar refractivity (Wildman–Crippen MR) is 86.2 cm³/mol. The summed E-state index contributed by atoms with van der Waals surface area (Å²) < 4.78 is 10.9. The lowest BCUT2D eigenvalue weighted by Crippen LogP contribution is -2.46. The maximum atomic E-state index is 5.81. The van der Waals surface area contributed by atoms with Crippen LogP contribution in [0, 0.1) is 0 Å². The van der Waals surface area contributed by atoms with Gasteiger partial charge in [0, 0.05) is 19.1 Å². The first-order valence-electron chi connectivity index (χ1n) is 8.04. The third kappa shape index (κ3) is 5.56. The van der Waals surface area contributed by atoms with Crippen molar-refractivity contribution in [2.75, 3.05) is 39.9 Å². The van der Waals surface area contributed by atoms with Crippen molar-refractivity contribution in [1.82, 2.24) is 10.2 Å². The molecule has 2 rings (SSSR count). The van der Waals surface area contributed by atoms with Crippen molar-refractivity contribution < 1.29 is 9.47 Å². The van der Waals surface area contributed by atoms with Crippen LogP contribution >= 0.6 is 0 Å². The molecule has 1 unspecified atom stereocenters. The highest BCUT2D eigenvalue weighted by Gasteiger charge is 2.18. The van der Waals surface area contributed by atoms with Crippen molar-refractivity contribution in [1.29, 1.82) is 0 Å². The van der Waals surface area contributed by atoms with E-state index < -0.39 is 0 Å². The van der Waals surface area contributed by atoms with Crippen LogP contribution in [0.4, 0.5) is 0 Å². The highest BCUT2D eigenvalue weighted by molar-refractivity contribution is 5.31. The zero-order valence-electron chi connectivity index (χ0n) is 13.3. The van der Waals surface area contributed by atoms with E-state index in [1.54, 1.807) is 7.11 Å². The molecule has 0 saturated carbocycles. The summed E-state index contributed by atoms with van der Waals surface area (Å²) in [7, 11) is 1.68. The third-order valence-electron chi connectivity index (χ3n) is 3.92. The molecule has 1 heterocycles. The van der Waals surface area contributed by atoms with Crippen molar-refractivity contribution in [2.45, 2.75) is 32.2 Å². The number of benzene rings is 1. The summed E-state index contributed by atoms with van der Waals surface area (Å²) in [5, 5.41) is 3.63. The topological polar surface area (TPSA) is 33.7 Å². The van der Waals surface area contributed by atoms with Crippen LogP contribution in [0.25, 0.3) is 0 Å². The molecule has 1 N–H and O–H groups in total. The van der Waals surface area contributed by atoms with Crippen LogP contribution in [-0.2, 0) is 0 Å². The Morgan fingerprint density at radius 3 is 2.71 bits per heavy atom. The van der Waals surface area contributed by atoms with E-state index in [-0.39, 0.29) is 0 Å². The van der Waals surface area contributed by atoms with Crippen molar-refractivity contribution in [3.05, 3.63) is 24.3 Å². The summed E-state index contributed by atoms with van der Waals surface area (Å²) in [6, 6.07) is 8.43. The lowest BCUT2D eigenvalue weighted by Gasteiger charge is -2.33. The molecule has 0 aromatic heterocycles. The van der Waals surface area contributed by atoms with E-state index in [9.17, 15) is 0 Å². The molecule has 21 heavy (non-hydrogen) atoms. The monoisotopic (exact) mass is 292 g/mol. The molecule has 1 saturated heterocycles. The smallest absolute Gasteiger partial charge is 0.119 e. The van der Waals surface area contributed by atoms with Crippen LogP contribution in [-0.4, -0.2) is 50.8 Å². The van der Waals surface area contributed by atoms with Crippen molar-refractivity contribution >= 4 is 0 Å². The highest BCUT2D eigenvalue weighted by atomic mass is 16.5. The Hall–Kier alpha value is -1.26. The second-order valence-corrected chi connectivity index (χ2v) is 5.62. The fourth-order valence-corrected chi connectivity index (χ4v) is 2.74. The second kappa shape index (κ2) is 8.90. The fourth-order valence-electron chi connectivity index (χ4n) is 2.74. The zero-order chi connectivity index (χ0) is 14.9. The maximum absolute atomic E-state index is 5.81. The number of hydrogen-bond donors (Lipinski definition) is 1. The van der Waals surface area contributed by atoms with Gasteiger partial charge in [-0.1, -0.05) is 6.92 Å². The molecular weight excluding hydrogens is 264 g/mol.